The first-order valence-corrected chi connectivity index (χ1v) is 9.68. The highest BCUT2D eigenvalue weighted by atomic mass is 79.9. The summed E-state index contributed by atoms with van der Waals surface area (Å²) < 4.78 is 27.2. The normalized spacial score (nSPS) is 11.5. The molecule has 0 fully saturated rings. The number of sulfonamides is 1. The number of anilines is 1. The molecular formula is C17H19BrN2O3S. The smallest absolute Gasteiger partial charge is 0.243 e. The molecule has 0 bridgehead atoms. The molecule has 0 aliphatic carbocycles. The maximum atomic E-state index is 12.6. The van der Waals surface area contributed by atoms with Gasteiger partial charge in [0.25, 0.3) is 0 Å². The molecule has 5 nitrogen and oxygen atoms in total. The quantitative estimate of drug-likeness (QED) is 0.793. The van der Waals surface area contributed by atoms with Gasteiger partial charge >= 0.3 is 0 Å². The molecule has 0 aromatic heterocycles. The third-order valence-electron chi connectivity index (χ3n) is 3.46. The van der Waals surface area contributed by atoms with Crippen LogP contribution in [0.4, 0.5) is 5.69 Å². The first kappa shape index (κ1) is 18.6. The van der Waals surface area contributed by atoms with Crippen molar-refractivity contribution in [1.29, 1.82) is 0 Å². The van der Waals surface area contributed by atoms with Crippen LogP contribution in [-0.4, -0.2) is 31.7 Å². The summed E-state index contributed by atoms with van der Waals surface area (Å²) in [6.07, 6.45) is 0. The minimum Gasteiger partial charge on any atom is -0.325 e. The molecule has 2 aromatic rings. The number of amides is 1. The lowest BCUT2D eigenvalue weighted by atomic mass is 10.2. The summed E-state index contributed by atoms with van der Waals surface area (Å²) in [6.45, 7) is 3.63. The van der Waals surface area contributed by atoms with Crippen molar-refractivity contribution < 1.29 is 13.2 Å². The molecule has 1 N–H and O–H groups in total. The molecule has 0 saturated heterocycles. The van der Waals surface area contributed by atoms with Gasteiger partial charge in [0.2, 0.25) is 15.9 Å². The number of likely N-dealkylation sites (N-methyl/N-ethyl adjacent to an activating group) is 1. The highest BCUT2D eigenvalue weighted by Crippen LogP contribution is 2.19. The van der Waals surface area contributed by atoms with E-state index in [0.717, 1.165) is 14.3 Å². The van der Waals surface area contributed by atoms with Crippen LogP contribution in [0.2, 0.25) is 0 Å². The van der Waals surface area contributed by atoms with Gasteiger partial charge in [-0.3, -0.25) is 4.79 Å². The molecule has 128 valence electrons. The maximum absolute atomic E-state index is 12.6. The summed E-state index contributed by atoms with van der Waals surface area (Å²) in [5.41, 5.74) is 1.73. The number of carbonyl (C=O) groups excluding carboxylic acids is 1. The Morgan fingerprint density at radius 2 is 1.67 bits per heavy atom. The minimum atomic E-state index is -3.71. The van der Waals surface area contributed by atoms with Crippen molar-refractivity contribution in [2.75, 3.05) is 18.4 Å². The van der Waals surface area contributed by atoms with Crippen molar-refractivity contribution in [2.24, 2.45) is 0 Å². The Kier molecular flexibility index (Phi) is 6.15. The van der Waals surface area contributed by atoms with Crippen molar-refractivity contribution >= 4 is 37.5 Å². The Morgan fingerprint density at radius 3 is 2.21 bits per heavy atom. The number of hydrogen-bond acceptors (Lipinski definition) is 3. The van der Waals surface area contributed by atoms with Gasteiger partial charge in [0.15, 0.2) is 0 Å². The number of benzene rings is 2. The second-order valence-corrected chi connectivity index (χ2v) is 8.15. The van der Waals surface area contributed by atoms with E-state index in [2.05, 4.69) is 21.2 Å². The monoisotopic (exact) mass is 410 g/mol. The van der Waals surface area contributed by atoms with E-state index in [-0.39, 0.29) is 23.9 Å². The Bertz CT molecular complexity index is 803. The molecule has 0 heterocycles. The standard InChI is InChI=1S/C17H19BrN2O3S/c1-3-20(24(22,23)16-10-6-14(18)7-11-16)12-17(21)19-15-8-4-13(2)5-9-15/h4-11H,3,12H2,1-2H3,(H,19,21). The van der Waals surface area contributed by atoms with Crippen molar-refractivity contribution in [2.45, 2.75) is 18.7 Å². The van der Waals surface area contributed by atoms with Gasteiger partial charge in [0.1, 0.15) is 0 Å². The van der Waals surface area contributed by atoms with E-state index < -0.39 is 10.0 Å². The van der Waals surface area contributed by atoms with E-state index >= 15 is 0 Å². The average Bonchev–Trinajstić information content (AvgIpc) is 2.55. The molecular weight excluding hydrogens is 392 g/mol. The van der Waals surface area contributed by atoms with Crippen molar-refractivity contribution in [3.05, 3.63) is 58.6 Å². The zero-order valence-electron chi connectivity index (χ0n) is 13.5. The van der Waals surface area contributed by atoms with Gasteiger partial charge in [-0.05, 0) is 43.3 Å². The van der Waals surface area contributed by atoms with Crippen molar-refractivity contribution in [1.82, 2.24) is 4.31 Å². The van der Waals surface area contributed by atoms with Crippen LogP contribution in [0.25, 0.3) is 0 Å². The third kappa shape index (κ3) is 4.66. The fourth-order valence-electron chi connectivity index (χ4n) is 2.12. The molecule has 0 unspecified atom stereocenters. The third-order valence-corrected chi connectivity index (χ3v) is 5.92. The SMILES string of the molecule is CCN(CC(=O)Nc1ccc(C)cc1)S(=O)(=O)c1ccc(Br)cc1. The summed E-state index contributed by atoms with van der Waals surface area (Å²) in [5, 5.41) is 2.71. The molecule has 0 aliphatic heterocycles. The second-order valence-electron chi connectivity index (χ2n) is 5.30. The van der Waals surface area contributed by atoms with Crippen LogP contribution in [0.15, 0.2) is 57.9 Å². The number of hydrogen-bond donors (Lipinski definition) is 1. The van der Waals surface area contributed by atoms with E-state index in [4.69, 9.17) is 0 Å². The molecule has 2 aromatic carbocycles. The van der Waals surface area contributed by atoms with Crippen LogP contribution in [0.3, 0.4) is 0 Å². The summed E-state index contributed by atoms with van der Waals surface area (Å²) in [5.74, 6) is -0.374. The van der Waals surface area contributed by atoms with Gasteiger partial charge < -0.3 is 5.32 Å². The number of carbonyl (C=O) groups is 1. The number of aryl methyl sites for hydroxylation is 1. The number of halogens is 1. The largest absolute Gasteiger partial charge is 0.325 e. The molecule has 24 heavy (non-hydrogen) atoms. The lowest BCUT2D eigenvalue weighted by Gasteiger charge is -2.20. The van der Waals surface area contributed by atoms with E-state index in [1.807, 2.05) is 19.1 Å². The number of nitrogens with zero attached hydrogens (tertiary/aromatic N) is 1. The predicted molar refractivity (Wildman–Crippen MR) is 98.4 cm³/mol. The fraction of sp³-hybridized carbons (Fsp3) is 0.235. The van der Waals surface area contributed by atoms with Crippen LogP contribution in [0, 0.1) is 6.92 Å². The van der Waals surface area contributed by atoms with E-state index in [1.54, 1.807) is 31.2 Å². The highest BCUT2D eigenvalue weighted by Gasteiger charge is 2.25. The lowest BCUT2D eigenvalue weighted by Crippen LogP contribution is -2.37. The second kappa shape index (κ2) is 7.92. The van der Waals surface area contributed by atoms with Gasteiger partial charge in [-0.15, -0.1) is 0 Å². The summed E-state index contributed by atoms with van der Waals surface area (Å²) in [7, 11) is -3.71. The molecule has 0 saturated carbocycles. The molecule has 0 atom stereocenters. The van der Waals surface area contributed by atoms with Gasteiger partial charge in [0, 0.05) is 16.7 Å². The molecule has 7 heteroatoms. The summed E-state index contributed by atoms with van der Waals surface area (Å²) >= 11 is 3.28. The van der Waals surface area contributed by atoms with E-state index in [0.29, 0.717) is 5.69 Å². The number of nitrogens with one attached hydrogen (secondary N) is 1. The van der Waals surface area contributed by atoms with Crippen molar-refractivity contribution in [3.8, 4) is 0 Å². The van der Waals surface area contributed by atoms with Crippen LogP contribution in [0.5, 0.6) is 0 Å². The predicted octanol–water partition coefficient (Wildman–Crippen LogP) is 3.41. The Hall–Kier alpha value is -1.70. The van der Waals surface area contributed by atoms with Crippen LogP contribution in [0.1, 0.15) is 12.5 Å². The molecule has 1 amide bonds. The van der Waals surface area contributed by atoms with Crippen LogP contribution < -0.4 is 5.32 Å². The maximum Gasteiger partial charge on any atom is 0.243 e. The van der Waals surface area contributed by atoms with E-state index in [1.165, 1.54) is 12.1 Å². The zero-order chi connectivity index (χ0) is 17.7. The van der Waals surface area contributed by atoms with Gasteiger partial charge in [-0.25, -0.2) is 8.42 Å². The minimum absolute atomic E-state index is 0.163. The van der Waals surface area contributed by atoms with Crippen LogP contribution in [-0.2, 0) is 14.8 Å². The topological polar surface area (TPSA) is 66.5 Å². The molecule has 0 spiro atoms. The lowest BCUT2D eigenvalue weighted by molar-refractivity contribution is -0.116. The average molecular weight is 411 g/mol. The molecule has 0 radical (unpaired) electrons. The first-order chi connectivity index (χ1) is 11.3. The van der Waals surface area contributed by atoms with Gasteiger partial charge in [0.05, 0.1) is 11.4 Å². The summed E-state index contributed by atoms with van der Waals surface area (Å²) in [6, 6.07) is 13.7. The van der Waals surface area contributed by atoms with Crippen molar-refractivity contribution in [3.63, 3.8) is 0 Å². The molecule has 0 aliphatic rings. The van der Waals surface area contributed by atoms with Crippen LogP contribution >= 0.6 is 15.9 Å². The van der Waals surface area contributed by atoms with Gasteiger partial charge in [-0.1, -0.05) is 40.5 Å². The van der Waals surface area contributed by atoms with Gasteiger partial charge in [-0.2, -0.15) is 4.31 Å². The Labute approximate surface area is 150 Å². The Morgan fingerprint density at radius 1 is 1.08 bits per heavy atom. The zero-order valence-corrected chi connectivity index (χ0v) is 15.9. The fourth-order valence-corrected chi connectivity index (χ4v) is 3.79. The highest BCUT2D eigenvalue weighted by molar-refractivity contribution is 9.10. The van der Waals surface area contributed by atoms with E-state index in [9.17, 15) is 13.2 Å². The number of rotatable bonds is 6. The summed E-state index contributed by atoms with van der Waals surface area (Å²) in [4.78, 5) is 12.3. The first-order valence-electron chi connectivity index (χ1n) is 7.45. The Balaban J connectivity index is 2.11. The molecule has 2 rings (SSSR count).